The molecule has 9 nitrogen and oxygen atoms in total. The Morgan fingerprint density at radius 1 is 0.696 bits per heavy atom. The van der Waals surface area contributed by atoms with E-state index in [4.69, 9.17) is 23.6 Å². The maximum atomic E-state index is 12.5. The Kier molecular flexibility index (Phi) is 32.2. The molecule has 0 aromatic heterocycles. The number of aliphatic hydroxyl groups is 2. The molecular formula is C36H65O9P. The van der Waals surface area contributed by atoms with Crippen LogP contribution < -0.4 is 0 Å². The second-order valence-electron chi connectivity index (χ2n) is 11.5. The van der Waals surface area contributed by atoms with E-state index in [1.54, 1.807) is 0 Å². The molecule has 0 rings (SSSR count). The van der Waals surface area contributed by atoms with Crippen molar-refractivity contribution in [2.24, 2.45) is 0 Å². The van der Waals surface area contributed by atoms with Gasteiger partial charge in [-0.3, -0.25) is 13.8 Å². The Labute approximate surface area is 279 Å². The van der Waals surface area contributed by atoms with E-state index in [-0.39, 0.29) is 13.0 Å². The molecule has 0 aliphatic carbocycles. The van der Waals surface area contributed by atoms with Crippen LogP contribution in [0.25, 0.3) is 0 Å². The summed E-state index contributed by atoms with van der Waals surface area (Å²) in [4.78, 5) is 22.3. The summed E-state index contributed by atoms with van der Waals surface area (Å²) in [5.74, 6) is -0.400. The van der Waals surface area contributed by atoms with Crippen LogP contribution in [0.2, 0.25) is 0 Å². The minimum absolute atomic E-state index is 0.0274. The highest BCUT2D eigenvalue weighted by molar-refractivity contribution is 7.47. The summed E-state index contributed by atoms with van der Waals surface area (Å²) in [5.41, 5.74) is 0. The number of hydrogen-bond donors (Lipinski definition) is 3. The van der Waals surface area contributed by atoms with Crippen molar-refractivity contribution < 1.29 is 43.0 Å². The first kappa shape index (κ1) is 44.4. The van der Waals surface area contributed by atoms with Crippen molar-refractivity contribution in [1.29, 1.82) is 0 Å². The zero-order valence-corrected chi connectivity index (χ0v) is 29.7. The highest BCUT2D eigenvalue weighted by atomic mass is 31.2. The van der Waals surface area contributed by atoms with Crippen LogP contribution in [0.4, 0.5) is 0 Å². The third-order valence-electron chi connectivity index (χ3n) is 7.03. The zero-order chi connectivity index (χ0) is 34.0. The molecule has 0 spiro atoms. The van der Waals surface area contributed by atoms with Gasteiger partial charge in [0.25, 0.3) is 0 Å². The largest absolute Gasteiger partial charge is 0.472 e. The van der Waals surface area contributed by atoms with Gasteiger partial charge in [-0.2, -0.15) is 0 Å². The standard InChI is InChI=1S/C36H65O9P/c1-3-5-7-9-11-13-14-15-16-17-18-19-21-23-25-27-29-42-32-35(33-44-46(40,41)43-31-34(38)30-37)45-36(39)28-26-24-22-20-12-10-8-6-4-2/h5,7,11,13,15-16,18-19,34-35,37-38H,3-4,6,8-10,12,14,17,20-33H2,1-2H3,(H,40,41)/b7-5-,13-11-,16-15-,19-18-. The van der Waals surface area contributed by atoms with Gasteiger partial charge in [0.2, 0.25) is 0 Å². The molecule has 0 saturated carbocycles. The quantitative estimate of drug-likeness (QED) is 0.0271. The van der Waals surface area contributed by atoms with Crippen molar-refractivity contribution in [2.75, 3.05) is 33.0 Å². The number of phosphoric ester groups is 1. The fourth-order valence-electron chi connectivity index (χ4n) is 4.34. The van der Waals surface area contributed by atoms with Gasteiger partial charge in [0.15, 0.2) is 0 Å². The van der Waals surface area contributed by atoms with Crippen molar-refractivity contribution >= 4 is 13.8 Å². The number of unbranched alkanes of at least 4 members (excludes halogenated alkanes) is 11. The molecule has 0 saturated heterocycles. The van der Waals surface area contributed by atoms with E-state index in [9.17, 15) is 19.4 Å². The Balaban J connectivity index is 4.31. The summed E-state index contributed by atoms with van der Waals surface area (Å²) in [5, 5.41) is 18.2. The van der Waals surface area contributed by atoms with Crippen LogP contribution in [0.3, 0.4) is 0 Å². The fraction of sp³-hybridized carbons (Fsp3) is 0.750. The molecule has 0 amide bonds. The summed E-state index contributed by atoms with van der Waals surface area (Å²) in [7, 11) is -4.51. The molecule has 0 aliphatic heterocycles. The first-order chi connectivity index (χ1) is 22.3. The first-order valence-corrected chi connectivity index (χ1v) is 19.1. The molecule has 10 heteroatoms. The van der Waals surface area contributed by atoms with Crippen LogP contribution in [0.5, 0.6) is 0 Å². The molecule has 3 unspecified atom stereocenters. The van der Waals surface area contributed by atoms with Gasteiger partial charge in [-0.1, -0.05) is 120 Å². The summed E-state index contributed by atoms with van der Waals surface area (Å²) in [6.07, 6.45) is 33.7. The molecule has 3 N–H and O–H groups in total. The Bertz CT molecular complexity index is 856. The third kappa shape index (κ3) is 32.4. The van der Waals surface area contributed by atoms with Crippen LogP contribution in [0.15, 0.2) is 48.6 Å². The first-order valence-electron chi connectivity index (χ1n) is 17.6. The second-order valence-corrected chi connectivity index (χ2v) is 13.0. The zero-order valence-electron chi connectivity index (χ0n) is 28.8. The molecule has 0 radical (unpaired) electrons. The number of allylic oxidation sites excluding steroid dienone is 8. The number of aliphatic hydroxyl groups excluding tert-OH is 2. The number of rotatable bonds is 33. The highest BCUT2D eigenvalue weighted by Gasteiger charge is 2.26. The van der Waals surface area contributed by atoms with E-state index >= 15 is 0 Å². The van der Waals surface area contributed by atoms with Crippen LogP contribution >= 0.6 is 7.82 Å². The van der Waals surface area contributed by atoms with E-state index < -0.39 is 45.8 Å². The van der Waals surface area contributed by atoms with Crippen LogP contribution in [0, 0.1) is 0 Å². The van der Waals surface area contributed by atoms with Gasteiger partial charge in [-0.05, 0) is 51.4 Å². The molecule has 268 valence electrons. The topological polar surface area (TPSA) is 132 Å². The van der Waals surface area contributed by atoms with E-state index in [0.717, 1.165) is 70.6 Å². The lowest BCUT2D eigenvalue weighted by atomic mass is 10.1. The number of esters is 1. The molecule has 0 heterocycles. The SMILES string of the molecule is CC/C=C\C/C=C\C/C=C\C/C=C\CCCCCOCC(COP(=O)(O)OCC(O)CO)OC(=O)CCCCCCCCCCC. The van der Waals surface area contributed by atoms with Gasteiger partial charge in [0.05, 0.1) is 26.4 Å². The minimum atomic E-state index is -4.51. The van der Waals surface area contributed by atoms with Crippen LogP contribution in [-0.4, -0.2) is 66.3 Å². The Hall–Kier alpha value is -1.58. The van der Waals surface area contributed by atoms with E-state index in [1.165, 1.54) is 38.5 Å². The van der Waals surface area contributed by atoms with Gasteiger partial charge in [-0.25, -0.2) is 4.57 Å². The fourth-order valence-corrected chi connectivity index (χ4v) is 5.13. The molecule has 0 aromatic carbocycles. The molecular weight excluding hydrogens is 607 g/mol. The van der Waals surface area contributed by atoms with Crippen LogP contribution in [0.1, 0.15) is 129 Å². The number of ether oxygens (including phenoxy) is 2. The number of carbonyl (C=O) groups excluding carboxylic acids is 1. The highest BCUT2D eigenvalue weighted by Crippen LogP contribution is 2.43. The number of carbonyl (C=O) groups is 1. The molecule has 0 aliphatic rings. The summed E-state index contributed by atoms with van der Waals surface area (Å²) in [6, 6.07) is 0. The Morgan fingerprint density at radius 2 is 1.24 bits per heavy atom. The van der Waals surface area contributed by atoms with Gasteiger partial charge in [0, 0.05) is 13.0 Å². The predicted molar refractivity (Wildman–Crippen MR) is 187 cm³/mol. The third-order valence-corrected chi connectivity index (χ3v) is 7.98. The van der Waals surface area contributed by atoms with Crippen molar-refractivity contribution in [3.63, 3.8) is 0 Å². The van der Waals surface area contributed by atoms with Crippen LogP contribution in [-0.2, 0) is 27.9 Å². The Morgan fingerprint density at radius 3 is 1.85 bits per heavy atom. The maximum Gasteiger partial charge on any atom is 0.472 e. The molecule has 0 aromatic rings. The monoisotopic (exact) mass is 672 g/mol. The smallest absolute Gasteiger partial charge is 0.457 e. The molecule has 46 heavy (non-hydrogen) atoms. The summed E-state index contributed by atoms with van der Waals surface area (Å²) >= 11 is 0. The average molecular weight is 673 g/mol. The minimum Gasteiger partial charge on any atom is -0.457 e. The summed E-state index contributed by atoms with van der Waals surface area (Å²) in [6.45, 7) is 3.27. The normalized spacial score (nSPS) is 15.0. The van der Waals surface area contributed by atoms with Crippen molar-refractivity contribution in [3.05, 3.63) is 48.6 Å². The van der Waals surface area contributed by atoms with Gasteiger partial charge < -0.3 is 24.6 Å². The van der Waals surface area contributed by atoms with Crippen molar-refractivity contribution in [1.82, 2.24) is 0 Å². The van der Waals surface area contributed by atoms with E-state index in [0.29, 0.717) is 6.61 Å². The van der Waals surface area contributed by atoms with Crippen molar-refractivity contribution in [2.45, 2.75) is 142 Å². The number of hydrogen-bond acceptors (Lipinski definition) is 8. The molecule has 0 fully saturated rings. The summed E-state index contributed by atoms with van der Waals surface area (Å²) < 4.78 is 33.1. The lowest BCUT2D eigenvalue weighted by Gasteiger charge is -2.20. The molecule has 3 atom stereocenters. The number of phosphoric acid groups is 1. The second kappa shape index (κ2) is 33.3. The maximum absolute atomic E-state index is 12.5. The van der Waals surface area contributed by atoms with Gasteiger partial charge in [0.1, 0.15) is 12.2 Å². The van der Waals surface area contributed by atoms with E-state index in [2.05, 4.69) is 62.5 Å². The van der Waals surface area contributed by atoms with Gasteiger partial charge >= 0.3 is 13.8 Å². The predicted octanol–water partition coefficient (Wildman–Crippen LogP) is 8.69. The van der Waals surface area contributed by atoms with Crippen molar-refractivity contribution in [3.8, 4) is 0 Å². The molecule has 0 bridgehead atoms. The average Bonchev–Trinajstić information content (AvgIpc) is 3.04. The van der Waals surface area contributed by atoms with E-state index in [1.807, 2.05) is 0 Å². The lowest BCUT2D eigenvalue weighted by Crippen LogP contribution is -2.29. The van der Waals surface area contributed by atoms with Gasteiger partial charge in [-0.15, -0.1) is 0 Å². The lowest BCUT2D eigenvalue weighted by molar-refractivity contribution is -0.154.